The first kappa shape index (κ1) is 20.2. The highest BCUT2D eigenvalue weighted by Crippen LogP contribution is 2.21. The van der Waals surface area contributed by atoms with Crippen LogP contribution in [0.3, 0.4) is 0 Å². The molecule has 0 aliphatic carbocycles. The van der Waals surface area contributed by atoms with E-state index in [0.717, 1.165) is 16.8 Å². The molecule has 1 heterocycles. The molecule has 29 heavy (non-hydrogen) atoms. The van der Waals surface area contributed by atoms with Gasteiger partial charge in [0.1, 0.15) is 5.82 Å². The van der Waals surface area contributed by atoms with E-state index in [-0.39, 0.29) is 23.0 Å². The lowest BCUT2D eigenvalue weighted by molar-refractivity contribution is 0.0518. The van der Waals surface area contributed by atoms with Crippen molar-refractivity contribution in [3.05, 3.63) is 87.0 Å². The Morgan fingerprint density at radius 2 is 1.90 bits per heavy atom. The van der Waals surface area contributed by atoms with Crippen LogP contribution in [0.5, 0.6) is 0 Å². The number of carbonyl (C=O) groups is 2. The molecule has 2 aromatic carbocycles. The number of rotatable bonds is 5. The number of benzene rings is 2. The molecule has 3 aromatic rings. The summed E-state index contributed by atoms with van der Waals surface area (Å²) in [5, 5.41) is 6.25. The summed E-state index contributed by atoms with van der Waals surface area (Å²) >= 11 is 5.91. The number of aromatic nitrogens is 2. The molecule has 0 spiro atoms. The molecule has 0 aliphatic rings. The van der Waals surface area contributed by atoms with E-state index >= 15 is 0 Å². The zero-order chi connectivity index (χ0) is 21.0. The first-order chi connectivity index (χ1) is 13.9. The summed E-state index contributed by atoms with van der Waals surface area (Å²) in [5.41, 5.74) is -1.14. The third-order valence-corrected chi connectivity index (χ3v) is 4.15. The Labute approximate surface area is 169 Å². The second kappa shape index (κ2) is 8.66. The van der Waals surface area contributed by atoms with Crippen LogP contribution in [0.4, 0.5) is 10.1 Å². The van der Waals surface area contributed by atoms with Crippen LogP contribution in [0.1, 0.15) is 27.8 Å². The van der Waals surface area contributed by atoms with Gasteiger partial charge in [-0.2, -0.15) is 9.78 Å². The van der Waals surface area contributed by atoms with Gasteiger partial charge in [-0.1, -0.05) is 35.9 Å². The first-order valence-corrected chi connectivity index (χ1v) is 8.92. The van der Waals surface area contributed by atoms with E-state index in [0.29, 0.717) is 5.69 Å². The Balaban J connectivity index is 2.08. The van der Waals surface area contributed by atoms with Crippen LogP contribution in [-0.4, -0.2) is 28.3 Å². The van der Waals surface area contributed by atoms with Crippen LogP contribution in [-0.2, 0) is 4.74 Å². The van der Waals surface area contributed by atoms with Gasteiger partial charge in [0.25, 0.3) is 11.5 Å². The number of hydrogen-bond acceptors (Lipinski definition) is 5. The predicted octanol–water partition coefficient (Wildman–Crippen LogP) is 3.45. The molecule has 3 rings (SSSR count). The Morgan fingerprint density at radius 1 is 1.17 bits per heavy atom. The average molecular weight is 416 g/mol. The summed E-state index contributed by atoms with van der Waals surface area (Å²) < 4.78 is 20.0. The molecule has 0 saturated heterocycles. The van der Waals surface area contributed by atoms with Crippen molar-refractivity contribution in [1.29, 1.82) is 0 Å². The average Bonchev–Trinajstić information content (AvgIpc) is 2.69. The van der Waals surface area contributed by atoms with E-state index in [1.54, 1.807) is 37.3 Å². The standard InChI is InChI=1S/C20H15ClFN3O4/c1-2-29-20(28)18-15(23-19(27)17-13(21)9-6-10-14(17)22)11-16(26)25(24-18)12-7-4-3-5-8-12/h3-11H,2H2,1H3,(H,23,27). The van der Waals surface area contributed by atoms with Crippen molar-refractivity contribution in [2.75, 3.05) is 11.9 Å². The first-order valence-electron chi connectivity index (χ1n) is 8.54. The van der Waals surface area contributed by atoms with Gasteiger partial charge in [0.05, 0.1) is 28.6 Å². The van der Waals surface area contributed by atoms with Crippen LogP contribution in [0.2, 0.25) is 5.02 Å². The van der Waals surface area contributed by atoms with Crippen molar-refractivity contribution < 1.29 is 18.7 Å². The van der Waals surface area contributed by atoms with Crippen molar-refractivity contribution in [3.63, 3.8) is 0 Å². The maximum Gasteiger partial charge on any atom is 0.360 e. The number of anilines is 1. The van der Waals surface area contributed by atoms with Crippen molar-refractivity contribution in [2.24, 2.45) is 0 Å². The van der Waals surface area contributed by atoms with E-state index < -0.39 is 28.8 Å². The number of nitrogens with zero attached hydrogens (tertiary/aromatic N) is 2. The number of esters is 1. The molecular weight excluding hydrogens is 401 g/mol. The van der Waals surface area contributed by atoms with Gasteiger partial charge in [-0.3, -0.25) is 9.59 Å². The minimum absolute atomic E-state index is 0.0531. The normalized spacial score (nSPS) is 10.4. The topological polar surface area (TPSA) is 90.3 Å². The van der Waals surface area contributed by atoms with Crippen LogP contribution in [0.25, 0.3) is 5.69 Å². The molecule has 1 amide bonds. The van der Waals surface area contributed by atoms with Gasteiger partial charge in [0, 0.05) is 6.07 Å². The second-order valence-electron chi connectivity index (χ2n) is 5.76. The molecule has 0 fully saturated rings. The van der Waals surface area contributed by atoms with Gasteiger partial charge < -0.3 is 10.1 Å². The molecule has 0 atom stereocenters. The van der Waals surface area contributed by atoms with E-state index in [1.807, 2.05) is 0 Å². The third-order valence-electron chi connectivity index (χ3n) is 3.84. The number of amides is 1. The van der Waals surface area contributed by atoms with Gasteiger partial charge in [0.2, 0.25) is 0 Å². The molecule has 0 saturated carbocycles. The number of nitrogens with one attached hydrogen (secondary N) is 1. The van der Waals surface area contributed by atoms with Crippen molar-refractivity contribution >= 4 is 29.2 Å². The molecule has 7 nitrogen and oxygen atoms in total. The Hall–Kier alpha value is -3.52. The summed E-state index contributed by atoms with van der Waals surface area (Å²) in [6.45, 7) is 1.65. The van der Waals surface area contributed by atoms with Gasteiger partial charge >= 0.3 is 5.97 Å². The molecule has 0 unspecified atom stereocenters. The quantitative estimate of drug-likeness (QED) is 0.644. The van der Waals surface area contributed by atoms with Gasteiger partial charge in [0.15, 0.2) is 5.69 Å². The molecule has 0 bridgehead atoms. The zero-order valence-electron chi connectivity index (χ0n) is 15.2. The Morgan fingerprint density at radius 3 is 2.55 bits per heavy atom. The molecule has 0 aliphatic heterocycles. The molecule has 1 N–H and O–H groups in total. The number of para-hydroxylation sites is 1. The van der Waals surface area contributed by atoms with Crippen molar-refractivity contribution in [2.45, 2.75) is 6.92 Å². The van der Waals surface area contributed by atoms with Gasteiger partial charge in [-0.15, -0.1) is 0 Å². The third kappa shape index (κ3) is 4.33. The van der Waals surface area contributed by atoms with Crippen LogP contribution in [0, 0.1) is 5.82 Å². The number of ether oxygens (including phenoxy) is 1. The minimum Gasteiger partial charge on any atom is -0.461 e. The van der Waals surface area contributed by atoms with E-state index in [9.17, 15) is 18.8 Å². The van der Waals surface area contributed by atoms with Crippen molar-refractivity contribution in [1.82, 2.24) is 9.78 Å². The van der Waals surface area contributed by atoms with Crippen molar-refractivity contribution in [3.8, 4) is 5.69 Å². The summed E-state index contributed by atoms with van der Waals surface area (Å²) in [6, 6.07) is 13.2. The summed E-state index contributed by atoms with van der Waals surface area (Å²) in [5.74, 6) is -2.64. The van der Waals surface area contributed by atoms with Gasteiger partial charge in [-0.25, -0.2) is 9.18 Å². The summed E-state index contributed by atoms with van der Waals surface area (Å²) in [6.07, 6.45) is 0. The molecule has 1 aromatic heterocycles. The van der Waals surface area contributed by atoms with Crippen LogP contribution in [0.15, 0.2) is 59.4 Å². The van der Waals surface area contributed by atoms with E-state index in [2.05, 4.69) is 10.4 Å². The zero-order valence-corrected chi connectivity index (χ0v) is 15.9. The molecular formula is C20H15ClFN3O4. The largest absolute Gasteiger partial charge is 0.461 e. The Bertz CT molecular complexity index is 1110. The summed E-state index contributed by atoms with van der Waals surface area (Å²) in [7, 11) is 0. The van der Waals surface area contributed by atoms with E-state index in [1.165, 1.54) is 12.1 Å². The molecule has 9 heteroatoms. The van der Waals surface area contributed by atoms with Gasteiger partial charge in [-0.05, 0) is 31.2 Å². The lowest BCUT2D eigenvalue weighted by Gasteiger charge is -2.13. The highest BCUT2D eigenvalue weighted by Gasteiger charge is 2.22. The number of carbonyl (C=O) groups excluding carboxylic acids is 2. The molecule has 148 valence electrons. The monoisotopic (exact) mass is 415 g/mol. The highest BCUT2D eigenvalue weighted by atomic mass is 35.5. The predicted molar refractivity (Wildman–Crippen MR) is 105 cm³/mol. The fraction of sp³-hybridized carbons (Fsp3) is 0.100. The lowest BCUT2D eigenvalue weighted by Crippen LogP contribution is -2.27. The Kier molecular flexibility index (Phi) is 6.04. The fourth-order valence-electron chi connectivity index (χ4n) is 2.56. The maximum absolute atomic E-state index is 14.0. The fourth-order valence-corrected chi connectivity index (χ4v) is 2.80. The molecule has 0 radical (unpaired) electrons. The maximum atomic E-state index is 14.0. The van der Waals surface area contributed by atoms with Crippen LogP contribution >= 0.6 is 11.6 Å². The van der Waals surface area contributed by atoms with E-state index in [4.69, 9.17) is 16.3 Å². The number of halogens is 2. The smallest absolute Gasteiger partial charge is 0.360 e. The lowest BCUT2D eigenvalue weighted by atomic mass is 10.2. The second-order valence-corrected chi connectivity index (χ2v) is 6.17. The SMILES string of the molecule is CCOC(=O)c1nn(-c2ccccc2)c(=O)cc1NC(=O)c1c(F)cccc1Cl. The minimum atomic E-state index is -0.933. The highest BCUT2D eigenvalue weighted by molar-refractivity contribution is 6.34. The number of hydrogen-bond donors (Lipinski definition) is 1. The van der Waals surface area contributed by atoms with Crippen LogP contribution < -0.4 is 10.9 Å². The summed E-state index contributed by atoms with van der Waals surface area (Å²) in [4.78, 5) is 37.4.